The van der Waals surface area contributed by atoms with E-state index in [0.29, 0.717) is 18.7 Å². The SMILES string of the molecule is CCCNC(=O)[C@H](CC)N(Cc1ccc(OC)cc1)C(=O)CN(c1cccc(F)c1)S(C)(=O)=O. The van der Waals surface area contributed by atoms with Crippen LogP contribution in [0.15, 0.2) is 48.5 Å². The van der Waals surface area contributed by atoms with Gasteiger partial charge in [0.1, 0.15) is 24.2 Å². The lowest BCUT2D eigenvalue weighted by atomic mass is 10.1. The summed E-state index contributed by atoms with van der Waals surface area (Å²) < 4.78 is 44.8. The number of ether oxygens (including phenoxy) is 1. The molecule has 1 N–H and O–H groups in total. The third-order valence-corrected chi connectivity index (χ3v) is 6.36. The van der Waals surface area contributed by atoms with E-state index in [2.05, 4.69) is 5.32 Å². The molecule has 0 heterocycles. The molecule has 0 aliphatic carbocycles. The summed E-state index contributed by atoms with van der Waals surface area (Å²) in [6.07, 6.45) is 2.01. The van der Waals surface area contributed by atoms with Crippen LogP contribution in [0, 0.1) is 5.82 Å². The Bertz CT molecular complexity index is 1080. The zero-order valence-electron chi connectivity index (χ0n) is 20.0. The maximum Gasteiger partial charge on any atom is 0.244 e. The van der Waals surface area contributed by atoms with Crippen LogP contribution in [-0.4, -0.2) is 57.6 Å². The first-order valence-corrected chi connectivity index (χ1v) is 12.9. The maximum atomic E-state index is 13.8. The Balaban J connectivity index is 2.41. The van der Waals surface area contributed by atoms with Crippen LogP contribution in [0.1, 0.15) is 32.3 Å². The standard InChI is InChI=1S/C24H32FN3O5S/c1-5-14-26-24(30)22(6-2)27(16-18-10-12-21(33-3)13-11-18)23(29)17-28(34(4,31)32)20-9-7-8-19(25)15-20/h7-13,15,22H,5-6,14,16-17H2,1-4H3,(H,26,30)/t22-/m0/s1. The van der Waals surface area contributed by atoms with Crippen LogP contribution >= 0.6 is 0 Å². The van der Waals surface area contributed by atoms with Crippen LogP contribution in [0.25, 0.3) is 0 Å². The van der Waals surface area contributed by atoms with Crippen molar-refractivity contribution in [1.29, 1.82) is 0 Å². The van der Waals surface area contributed by atoms with Crippen molar-refractivity contribution in [2.45, 2.75) is 39.3 Å². The number of hydrogen-bond acceptors (Lipinski definition) is 5. The van der Waals surface area contributed by atoms with E-state index >= 15 is 0 Å². The molecule has 34 heavy (non-hydrogen) atoms. The minimum Gasteiger partial charge on any atom is -0.497 e. The number of amides is 2. The van der Waals surface area contributed by atoms with Gasteiger partial charge in [0.25, 0.3) is 0 Å². The summed E-state index contributed by atoms with van der Waals surface area (Å²) in [4.78, 5) is 27.7. The molecule has 8 nitrogen and oxygen atoms in total. The van der Waals surface area contributed by atoms with E-state index in [-0.39, 0.29) is 18.1 Å². The molecule has 0 saturated carbocycles. The van der Waals surface area contributed by atoms with Crippen LogP contribution < -0.4 is 14.4 Å². The highest BCUT2D eigenvalue weighted by Gasteiger charge is 2.31. The molecule has 0 unspecified atom stereocenters. The number of carbonyl (C=O) groups excluding carboxylic acids is 2. The van der Waals surface area contributed by atoms with Crippen molar-refractivity contribution < 1.29 is 27.1 Å². The molecular weight excluding hydrogens is 461 g/mol. The van der Waals surface area contributed by atoms with Gasteiger partial charge in [0, 0.05) is 13.1 Å². The van der Waals surface area contributed by atoms with E-state index in [1.165, 1.54) is 23.1 Å². The second kappa shape index (κ2) is 12.4. The molecule has 0 radical (unpaired) electrons. The topological polar surface area (TPSA) is 96.0 Å². The van der Waals surface area contributed by atoms with Crippen molar-refractivity contribution in [1.82, 2.24) is 10.2 Å². The van der Waals surface area contributed by atoms with Gasteiger partial charge in [-0.1, -0.05) is 32.0 Å². The second-order valence-electron chi connectivity index (χ2n) is 7.83. The number of anilines is 1. The van der Waals surface area contributed by atoms with Gasteiger partial charge in [0.05, 0.1) is 19.1 Å². The third-order valence-electron chi connectivity index (χ3n) is 5.22. The number of sulfonamides is 1. The summed E-state index contributed by atoms with van der Waals surface area (Å²) in [5, 5.41) is 2.81. The molecule has 0 saturated heterocycles. The van der Waals surface area contributed by atoms with E-state index in [9.17, 15) is 22.4 Å². The lowest BCUT2D eigenvalue weighted by Gasteiger charge is -2.33. The maximum absolute atomic E-state index is 13.8. The van der Waals surface area contributed by atoms with Gasteiger partial charge in [-0.05, 0) is 48.7 Å². The van der Waals surface area contributed by atoms with Gasteiger partial charge < -0.3 is 15.0 Å². The molecule has 2 amide bonds. The van der Waals surface area contributed by atoms with E-state index in [4.69, 9.17) is 4.74 Å². The van der Waals surface area contributed by atoms with Crippen LogP contribution in [0.5, 0.6) is 5.75 Å². The lowest BCUT2D eigenvalue weighted by Crippen LogP contribution is -2.52. The Morgan fingerprint density at radius 1 is 1.12 bits per heavy atom. The zero-order valence-corrected chi connectivity index (χ0v) is 20.8. The molecule has 0 aliphatic heterocycles. The number of methoxy groups -OCH3 is 1. The molecule has 0 bridgehead atoms. The number of nitrogens with one attached hydrogen (secondary N) is 1. The summed E-state index contributed by atoms with van der Waals surface area (Å²) in [6.45, 7) is 3.67. The molecule has 2 aromatic rings. The Morgan fingerprint density at radius 3 is 2.32 bits per heavy atom. The van der Waals surface area contributed by atoms with Gasteiger partial charge in [-0.2, -0.15) is 0 Å². The van der Waals surface area contributed by atoms with Crippen molar-refractivity contribution in [3.8, 4) is 5.75 Å². The minimum absolute atomic E-state index is 0.0312. The minimum atomic E-state index is -3.91. The quantitative estimate of drug-likeness (QED) is 0.491. The first-order valence-electron chi connectivity index (χ1n) is 11.0. The average Bonchev–Trinajstić information content (AvgIpc) is 2.80. The Labute approximate surface area is 200 Å². The molecule has 2 rings (SSSR count). The molecule has 1 atom stereocenters. The van der Waals surface area contributed by atoms with Crippen LogP contribution in [0.4, 0.5) is 10.1 Å². The Kier molecular flexibility index (Phi) is 9.85. The van der Waals surface area contributed by atoms with Gasteiger partial charge in [-0.15, -0.1) is 0 Å². The normalized spacial score (nSPS) is 12.0. The number of nitrogens with zero attached hydrogens (tertiary/aromatic N) is 2. The van der Waals surface area contributed by atoms with Crippen LogP contribution in [0.2, 0.25) is 0 Å². The number of benzene rings is 2. The summed E-state index contributed by atoms with van der Waals surface area (Å²) >= 11 is 0. The van der Waals surface area contributed by atoms with Gasteiger partial charge >= 0.3 is 0 Å². The van der Waals surface area contributed by atoms with Gasteiger partial charge in [0.15, 0.2) is 0 Å². The van der Waals surface area contributed by atoms with Gasteiger partial charge in [0.2, 0.25) is 21.8 Å². The van der Waals surface area contributed by atoms with E-state index in [1.54, 1.807) is 38.3 Å². The van der Waals surface area contributed by atoms with Crippen molar-refractivity contribution in [2.24, 2.45) is 0 Å². The van der Waals surface area contributed by atoms with Crippen LogP contribution in [0.3, 0.4) is 0 Å². The molecule has 0 fully saturated rings. The molecule has 0 spiro atoms. The summed E-state index contributed by atoms with van der Waals surface area (Å²) in [7, 11) is -2.37. The second-order valence-corrected chi connectivity index (χ2v) is 9.74. The number of halogens is 1. The smallest absolute Gasteiger partial charge is 0.244 e. The Hall–Kier alpha value is -3.14. The largest absolute Gasteiger partial charge is 0.497 e. The fraction of sp³-hybridized carbons (Fsp3) is 0.417. The van der Waals surface area contributed by atoms with Gasteiger partial charge in [-0.25, -0.2) is 12.8 Å². The van der Waals surface area contributed by atoms with Crippen molar-refractivity contribution in [3.05, 3.63) is 59.9 Å². The highest BCUT2D eigenvalue weighted by atomic mass is 32.2. The van der Waals surface area contributed by atoms with E-state index < -0.39 is 34.3 Å². The first-order chi connectivity index (χ1) is 16.1. The zero-order chi connectivity index (χ0) is 25.3. The molecule has 186 valence electrons. The fourth-order valence-electron chi connectivity index (χ4n) is 3.46. The fourth-order valence-corrected chi connectivity index (χ4v) is 4.30. The molecular formula is C24H32FN3O5S. The predicted octanol–water partition coefficient (Wildman–Crippen LogP) is 2.93. The summed E-state index contributed by atoms with van der Waals surface area (Å²) in [5.74, 6) is -0.880. The molecule has 10 heteroatoms. The van der Waals surface area contributed by atoms with E-state index in [0.717, 1.165) is 28.6 Å². The summed E-state index contributed by atoms with van der Waals surface area (Å²) in [6, 6.07) is 11.2. The van der Waals surface area contributed by atoms with Gasteiger partial charge in [-0.3, -0.25) is 13.9 Å². The lowest BCUT2D eigenvalue weighted by molar-refractivity contribution is -0.140. The van der Waals surface area contributed by atoms with Crippen molar-refractivity contribution in [2.75, 3.05) is 30.8 Å². The molecule has 0 aromatic heterocycles. The highest BCUT2D eigenvalue weighted by molar-refractivity contribution is 7.92. The molecule has 2 aromatic carbocycles. The highest BCUT2D eigenvalue weighted by Crippen LogP contribution is 2.21. The van der Waals surface area contributed by atoms with Crippen molar-refractivity contribution in [3.63, 3.8) is 0 Å². The first kappa shape index (κ1) is 27.1. The van der Waals surface area contributed by atoms with Crippen LogP contribution in [-0.2, 0) is 26.2 Å². The Morgan fingerprint density at radius 2 is 1.79 bits per heavy atom. The average molecular weight is 494 g/mol. The van der Waals surface area contributed by atoms with E-state index in [1.807, 2.05) is 6.92 Å². The predicted molar refractivity (Wildman–Crippen MR) is 130 cm³/mol. The van der Waals surface area contributed by atoms with Crippen molar-refractivity contribution >= 4 is 27.5 Å². The monoisotopic (exact) mass is 493 g/mol. The molecule has 0 aliphatic rings. The number of rotatable bonds is 12. The number of carbonyl (C=O) groups is 2. The number of hydrogen-bond donors (Lipinski definition) is 1. The summed E-state index contributed by atoms with van der Waals surface area (Å²) in [5.41, 5.74) is 0.774. The third kappa shape index (κ3) is 7.44.